The number of carbonyl (C=O) groups is 1. The molecule has 0 saturated heterocycles. The van der Waals surface area contributed by atoms with Crippen LogP contribution in [0.5, 0.6) is 0 Å². The number of carbonyl (C=O) groups excluding carboxylic acids is 1. The maximum Gasteiger partial charge on any atom is 0.296 e. The molecular weight excluding hydrogens is 293 g/mol. The van der Waals surface area contributed by atoms with Crippen molar-refractivity contribution >= 4 is 11.6 Å². The van der Waals surface area contributed by atoms with Crippen molar-refractivity contribution in [2.24, 2.45) is 0 Å². The molecule has 8 nitrogen and oxygen atoms in total. The quantitative estimate of drug-likeness (QED) is 0.774. The van der Waals surface area contributed by atoms with Crippen molar-refractivity contribution in [2.45, 2.75) is 0 Å². The number of hydrogen-bond acceptors (Lipinski definition) is 6. The molecule has 22 heavy (non-hydrogen) atoms. The predicted molar refractivity (Wildman–Crippen MR) is 72.0 cm³/mol. The van der Waals surface area contributed by atoms with Crippen molar-refractivity contribution in [3.05, 3.63) is 64.9 Å². The van der Waals surface area contributed by atoms with Gasteiger partial charge < -0.3 is 9.84 Å². The van der Waals surface area contributed by atoms with Crippen LogP contribution in [0, 0.1) is 5.82 Å². The highest BCUT2D eigenvalue weighted by atomic mass is 19.1. The molecule has 0 unspecified atom stereocenters. The van der Waals surface area contributed by atoms with Gasteiger partial charge in [-0.1, -0.05) is 0 Å². The second-order valence-corrected chi connectivity index (χ2v) is 4.18. The van der Waals surface area contributed by atoms with Gasteiger partial charge in [0, 0.05) is 23.7 Å². The van der Waals surface area contributed by atoms with Crippen molar-refractivity contribution in [1.29, 1.82) is 0 Å². The molecular formula is C13H8FN5O3. The largest absolute Gasteiger partial charge is 0.332 e. The highest BCUT2D eigenvalue weighted by Crippen LogP contribution is 2.18. The van der Waals surface area contributed by atoms with Crippen LogP contribution in [0.3, 0.4) is 0 Å². The average Bonchev–Trinajstić information content (AvgIpc) is 3.04. The van der Waals surface area contributed by atoms with E-state index in [2.05, 4.69) is 25.2 Å². The number of hydrogen-bond donors (Lipinski definition) is 1. The van der Waals surface area contributed by atoms with Gasteiger partial charge in [0.25, 0.3) is 11.5 Å². The van der Waals surface area contributed by atoms with Crippen molar-refractivity contribution in [2.75, 3.05) is 5.32 Å². The first-order chi connectivity index (χ1) is 10.6. The summed E-state index contributed by atoms with van der Waals surface area (Å²) in [6, 6.07) is 3.94. The summed E-state index contributed by atoms with van der Waals surface area (Å²) in [5.74, 6) is -1.53. The lowest BCUT2D eigenvalue weighted by Crippen LogP contribution is -2.17. The van der Waals surface area contributed by atoms with Gasteiger partial charge in [0.05, 0.1) is 17.6 Å². The van der Waals surface area contributed by atoms with Crippen LogP contribution in [0.25, 0.3) is 5.69 Å². The van der Waals surface area contributed by atoms with Gasteiger partial charge in [-0.15, -0.1) is 5.10 Å². The lowest BCUT2D eigenvalue weighted by atomic mass is 10.2. The molecule has 2 aromatic heterocycles. The number of amides is 1. The summed E-state index contributed by atoms with van der Waals surface area (Å²) >= 11 is 0. The highest BCUT2D eigenvalue weighted by Gasteiger charge is 2.14. The minimum atomic E-state index is -0.706. The first-order valence-corrected chi connectivity index (χ1v) is 6.06. The minimum absolute atomic E-state index is 0.0627. The molecule has 110 valence electrons. The Morgan fingerprint density at radius 1 is 1.32 bits per heavy atom. The highest BCUT2D eigenvalue weighted by molar-refractivity contribution is 6.02. The normalized spacial score (nSPS) is 10.4. The van der Waals surface area contributed by atoms with E-state index in [1.807, 2.05) is 0 Å². The monoisotopic (exact) mass is 301 g/mol. The Balaban J connectivity index is 1.89. The van der Waals surface area contributed by atoms with Gasteiger partial charge in [0.1, 0.15) is 12.0 Å². The fraction of sp³-hybridized carbons (Fsp3) is 0. The number of benzene rings is 1. The van der Waals surface area contributed by atoms with E-state index >= 15 is 0 Å². The number of aromatic nitrogens is 4. The third-order valence-corrected chi connectivity index (χ3v) is 2.79. The van der Waals surface area contributed by atoms with Crippen LogP contribution in [-0.4, -0.2) is 25.8 Å². The standard InChI is InChI=1S/C13H8FN5O3/c14-9-5-8(19-4-3-15-7-12(19)20)1-2-10(9)17-13(21)11-6-16-18-22-11/h1-7H,(H,17,21). The van der Waals surface area contributed by atoms with E-state index in [1.165, 1.54) is 29.1 Å². The molecule has 0 atom stereocenters. The summed E-state index contributed by atoms with van der Waals surface area (Å²) in [6.07, 6.45) is 5.05. The summed E-state index contributed by atoms with van der Waals surface area (Å²) in [4.78, 5) is 27.0. The number of nitrogens with one attached hydrogen (secondary N) is 1. The lowest BCUT2D eigenvalue weighted by Gasteiger charge is -2.08. The fourth-order valence-corrected chi connectivity index (χ4v) is 1.77. The Morgan fingerprint density at radius 2 is 2.18 bits per heavy atom. The maximum atomic E-state index is 14.1. The van der Waals surface area contributed by atoms with Crippen LogP contribution in [0.15, 0.2) is 52.3 Å². The topological polar surface area (TPSA) is 103 Å². The Hall–Kier alpha value is -3.36. The zero-order valence-corrected chi connectivity index (χ0v) is 10.9. The molecule has 0 saturated carbocycles. The number of anilines is 1. The molecule has 1 amide bonds. The second-order valence-electron chi connectivity index (χ2n) is 4.18. The Bertz CT molecular complexity index is 875. The summed E-state index contributed by atoms with van der Waals surface area (Å²) in [5.41, 5.74) is -0.150. The third kappa shape index (κ3) is 2.59. The van der Waals surface area contributed by atoms with Gasteiger partial charge >= 0.3 is 0 Å². The van der Waals surface area contributed by atoms with Gasteiger partial charge in [0.15, 0.2) is 0 Å². The zero-order valence-electron chi connectivity index (χ0n) is 10.9. The van der Waals surface area contributed by atoms with Crippen LogP contribution in [0.4, 0.5) is 10.1 Å². The molecule has 3 rings (SSSR count). The molecule has 9 heteroatoms. The Kier molecular flexibility index (Phi) is 3.44. The van der Waals surface area contributed by atoms with E-state index in [0.717, 1.165) is 18.5 Å². The second kappa shape index (κ2) is 5.56. The molecule has 0 aliphatic carbocycles. The SMILES string of the molecule is O=C(Nc1ccc(-n2ccncc2=O)cc1F)c1cnno1. The summed E-state index contributed by atoms with van der Waals surface area (Å²) in [6.45, 7) is 0. The zero-order chi connectivity index (χ0) is 15.5. The fourth-order valence-electron chi connectivity index (χ4n) is 1.77. The van der Waals surface area contributed by atoms with E-state index < -0.39 is 17.3 Å². The van der Waals surface area contributed by atoms with E-state index in [-0.39, 0.29) is 11.4 Å². The Morgan fingerprint density at radius 3 is 2.86 bits per heavy atom. The lowest BCUT2D eigenvalue weighted by molar-refractivity contribution is 0.0986. The molecule has 2 heterocycles. The smallest absolute Gasteiger partial charge is 0.296 e. The van der Waals surface area contributed by atoms with Crippen LogP contribution in [-0.2, 0) is 0 Å². The van der Waals surface area contributed by atoms with Crippen molar-refractivity contribution in [3.63, 3.8) is 0 Å². The van der Waals surface area contributed by atoms with Gasteiger partial charge in [-0.25, -0.2) is 4.39 Å². The number of rotatable bonds is 3. The first-order valence-electron chi connectivity index (χ1n) is 6.06. The molecule has 0 bridgehead atoms. The van der Waals surface area contributed by atoms with Gasteiger partial charge in [-0.2, -0.15) is 0 Å². The predicted octanol–water partition coefficient (Wildman–Crippen LogP) is 1.01. The molecule has 1 aromatic carbocycles. The molecule has 3 aromatic rings. The average molecular weight is 301 g/mol. The van der Waals surface area contributed by atoms with Crippen LogP contribution >= 0.6 is 0 Å². The molecule has 0 spiro atoms. The summed E-state index contributed by atoms with van der Waals surface area (Å²) in [5, 5.41) is 8.82. The Labute approximate surface area is 122 Å². The number of nitrogens with zero attached hydrogens (tertiary/aromatic N) is 4. The van der Waals surface area contributed by atoms with Gasteiger partial charge in [-0.3, -0.25) is 19.1 Å². The summed E-state index contributed by atoms with van der Waals surface area (Å²) < 4.78 is 19.9. The molecule has 0 fully saturated rings. The molecule has 1 N–H and O–H groups in total. The van der Waals surface area contributed by atoms with E-state index in [1.54, 1.807) is 0 Å². The van der Waals surface area contributed by atoms with Crippen LogP contribution in [0.1, 0.15) is 10.6 Å². The first kappa shape index (κ1) is 13.6. The van der Waals surface area contributed by atoms with Gasteiger partial charge in [0.2, 0.25) is 5.76 Å². The molecule has 0 radical (unpaired) electrons. The van der Waals surface area contributed by atoms with Crippen molar-refractivity contribution in [1.82, 2.24) is 19.9 Å². The van der Waals surface area contributed by atoms with E-state index in [4.69, 9.17) is 0 Å². The summed E-state index contributed by atoms with van der Waals surface area (Å²) in [7, 11) is 0. The third-order valence-electron chi connectivity index (χ3n) is 2.79. The van der Waals surface area contributed by atoms with Gasteiger partial charge in [-0.05, 0) is 12.1 Å². The number of halogens is 1. The molecule has 0 aliphatic rings. The molecule has 0 aliphatic heterocycles. The van der Waals surface area contributed by atoms with Crippen LogP contribution in [0.2, 0.25) is 0 Å². The van der Waals surface area contributed by atoms with Crippen molar-refractivity contribution in [3.8, 4) is 5.69 Å². The van der Waals surface area contributed by atoms with E-state index in [9.17, 15) is 14.0 Å². The van der Waals surface area contributed by atoms with E-state index in [0.29, 0.717) is 5.69 Å². The maximum absolute atomic E-state index is 14.1. The minimum Gasteiger partial charge on any atom is -0.332 e. The van der Waals surface area contributed by atoms with Crippen LogP contribution < -0.4 is 10.9 Å². The van der Waals surface area contributed by atoms with Crippen molar-refractivity contribution < 1.29 is 13.7 Å².